The predicted molar refractivity (Wildman–Crippen MR) is 61.2 cm³/mol. The molecule has 0 amide bonds. The highest BCUT2D eigenvalue weighted by Crippen LogP contribution is 2.08. The van der Waals surface area contributed by atoms with Crippen molar-refractivity contribution in [3.05, 3.63) is 0 Å². The number of terminal acetylenes is 1. The molecule has 1 unspecified atom stereocenters. The highest BCUT2D eigenvalue weighted by Gasteiger charge is 2.14. The van der Waals surface area contributed by atoms with E-state index in [9.17, 15) is 0 Å². The second-order valence-electron chi connectivity index (χ2n) is 3.99. The molecule has 0 saturated carbocycles. The van der Waals surface area contributed by atoms with E-state index in [0.29, 0.717) is 6.04 Å². The van der Waals surface area contributed by atoms with Crippen LogP contribution in [-0.2, 0) is 0 Å². The number of hydrogen-bond donors (Lipinski definition) is 1. The summed E-state index contributed by atoms with van der Waals surface area (Å²) in [4.78, 5) is 2.45. The first kappa shape index (κ1) is 11.6. The molecule has 0 aromatic rings. The quantitative estimate of drug-likeness (QED) is 0.667. The Balaban J connectivity index is 2.20. The van der Waals surface area contributed by atoms with Gasteiger partial charge in [0.15, 0.2) is 0 Å². The van der Waals surface area contributed by atoms with Crippen LogP contribution >= 0.6 is 0 Å². The van der Waals surface area contributed by atoms with Crippen LogP contribution in [0.25, 0.3) is 0 Å². The van der Waals surface area contributed by atoms with Gasteiger partial charge in [-0.05, 0) is 25.9 Å². The topological polar surface area (TPSA) is 15.3 Å². The standard InChI is InChI=1S/C12H22N2/c1-3-5-10-14(4-2)11-12-8-6-7-9-13-12/h1,12-13H,4-11H2,2H3. The maximum Gasteiger partial charge on any atom is 0.0214 e. The minimum Gasteiger partial charge on any atom is -0.313 e. The summed E-state index contributed by atoms with van der Waals surface area (Å²) in [5.74, 6) is 2.71. The summed E-state index contributed by atoms with van der Waals surface area (Å²) < 4.78 is 0. The molecule has 1 aliphatic heterocycles. The van der Waals surface area contributed by atoms with Crippen LogP contribution in [0.15, 0.2) is 0 Å². The number of nitrogens with zero attached hydrogens (tertiary/aromatic N) is 1. The molecule has 0 aromatic carbocycles. The Kier molecular flexibility index (Phi) is 5.66. The molecular formula is C12H22N2. The SMILES string of the molecule is C#CCCN(CC)CC1CCCCN1. The molecule has 80 valence electrons. The van der Waals surface area contributed by atoms with Gasteiger partial charge in [-0.2, -0.15) is 0 Å². The third kappa shape index (κ3) is 4.13. The van der Waals surface area contributed by atoms with Crippen LogP contribution in [0.3, 0.4) is 0 Å². The summed E-state index contributed by atoms with van der Waals surface area (Å²) in [6.45, 7) is 6.72. The van der Waals surface area contributed by atoms with Gasteiger partial charge < -0.3 is 10.2 Å². The molecule has 14 heavy (non-hydrogen) atoms. The minimum atomic E-state index is 0.696. The van der Waals surface area contributed by atoms with Crippen molar-refractivity contribution in [2.75, 3.05) is 26.2 Å². The van der Waals surface area contributed by atoms with E-state index >= 15 is 0 Å². The van der Waals surface area contributed by atoms with E-state index in [2.05, 4.69) is 23.1 Å². The van der Waals surface area contributed by atoms with Crippen LogP contribution in [0, 0.1) is 12.3 Å². The number of hydrogen-bond acceptors (Lipinski definition) is 2. The predicted octanol–water partition coefficient (Wildman–Crippen LogP) is 1.47. The van der Waals surface area contributed by atoms with Crippen molar-refractivity contribution >= 4 is 0 Å². The lowest BCUT2D eigenvalue weighted by molar-refractivity contribution is 0.237. The van der Waals surface area contributed by atoms with Crippen LogP contribution < -0.4 is 5.32 Å². The van der Waals surface area contributed by atoms with Crippen molar-refractivity contribution in [3.8, 4) is 12.3 Å². The minimum absolute atomic E-state index is 0.696. The van der Waals surface area contributed by atoms with Gasteiger partial charge in [-0.3, -0.25) is 0 Å². The zero-order chi connectivity index (χ0) is 10.2. The van der Waals surface area contributed by atoms with E-state index in [1.165, 1.54) is 25.8 Å². The van der Waals surface area contributed by atoms with Gasteiger partial charge in [0.1, 0.15) is 0 Å². The first-order valence-corrected chi connectivity index (χ1v) is 5.76. The molecule has 1 rings (SSSR count). The van der Waals surface area contributed by atoms with Crippen molar-refractivity contribution in [3.63, 3.8) is 0 Å². The third-order valence-corrected chi connectivity index (χ3v) is 2.91. The molecule has 0 spiro atoms. The van der Waals surface area contributed by atoms with Gasteiger partial charge in [0.2, 0.25) is 0 Å². The molecule has 2 heteroatoms. The summed E-state index contributed by atoms with van der Waals surface area (Å²) in [5.41, 5.74) is 0. The highest BCUT2D eigenvalue weighted by molar-refractivity contribution is 4.85. The van der Waals surface area contributed by atoms with Gasteiger partial charge in [0, 0.05) is 25.6 Å². The average Bonchev–Trinajstić information content (AvgIpc) is 2.25. The van der Waals surface area contributed by atoms with Gasteiger partial charge >= 0.3 is 0 Å². The lowest BCUT2D eigenvalue weighted by Crippen LogP contribution is -2.43. The normalized spacial score (nSPS) is 22.2. The Morgan fingerprint density at radius 2 is 2.36 bits per heavy atom. The molecule has 2 nitrogen and oxygen atoms in total. The smallest absolute Gasteiger partial charge is 0.0214 e. The molecule has 0 bridgehead atoms. The van der Waals surface area contributed by atoms with Crippen LogP contribution in [0.4, 0.5) is 0 Å². The van der Waals surface area contributed by atoms with E-state index in [1.807, 2.05) is 0 Å². The fraction of sp³-hybridized carbons (Fsp3) is 0.833. The van der Waals surface area contributed by atoms with Gasteiger partial charge in [-0.15, -0.1) is 12.3 Å². The Labute approximate surface area is 88.1 Å². The van der Waals surface area contributed by atoms with Crippen molar-refractivity contribution in [1.29, 1.82) is 0 Å². The van der Waals surface area contributed by atoms with E-state index in [-0.39, 0.29) is 0 Å². The molecular weight excluding hydrogens is 172 g/mol. The second kappa shape index (κ2) is 6.86. The summed E-state index contributed by atoms with van der Waals surface area (Å²) >= 11 is 0. The average molecular weight is 194 g/mol. The molecule has 1 fully saturated rings. The van der Waals surface area contributed by atoms with Crippen molar-refractivity contribution < 1.29 is 0 Å². The fourth-order valence-electron chi connectivity index (χ4n) is 1.99. The number of likely N-dealkylation sites (N-methyl/N-ethyl adjacent to an activating group) is 1. The lowest BCUT2D eigenvalue weighted by Gasteiger charge is -2.29. The molecule has 0 aliphatic carbocycles. The first-order chi connectivity index (χ1) is 6.86. The van der Waals surface area contributed by atoms with Crippen LogP contribution in [-0.4, -0.2) is 37.1 Å². The highest BCUT2D eigenvalue weighted by atomic mass is 15.1. The fourth-order valence-corrected chi connectivity index (χ4v) is 1.99. The number of rotatable bonds is 5. The summed E-state index contributed by atoms with van der Waals surface area (Å²) in [7, 11) is 0. The zero-order valence-electron chi connectivity index (χ0n) is 9.26. The molecule has 1 saturated heterocycles. The maximum atomic E-state index is 5.27. The lowest BCUT2D eigenvalue weighted by atomic mass is 10.0. The third-order valence-electron chi connectivity index (χ3n) is 2.91. The largest absolute Gasteiger partial charge is 0.313 e. The first-order valence-electron chi connectivity index (χ1n) is 5.76. The molecule has 1 aliphatic rings. The summed E-state index contributed by atoms with van der Waals surface area (Å²) in [5, 5.41) is 3.57. The number of piperidine rings is 1. The molecule has 1 atom stereocenters. The van der Waals surface area contributed by atoms with Gasteiger partial charge in [-0.1, -0.05) is 13.3 Å². The Hall–Kier alpha value is -0.520. The van der Waals surface area contributed by atoms with Gasteiger partial charge in [0.05, 0.1) is 0 Å². The van der Waals surface area contributed by atoms with Gasteiger partial charge in [-0.25, -0.2) is 0 Å². The van der Waals surface area contributed by atoms with E-state index in [1.54, 1.807) is 0 Å². The van der Waals surface area contributed by atoms with E-state index in [4.69, 9.17) is 6.42 Å². The van der Waals surface area contributed by atoms with Crippen molar-refractivity contribution in [2.24, 2.45) is 0 Å². The Morgan fingerprint density at radius 1 is 1.50 bits per heavy atom. The summed E-state index contributed by atoms with van der Waals surface area (Å²) in [6.07, 6.45) is 10.2. The maximum absolute atomic E-state index is 5.27. The summed E-state index contributed by atoms with van der Waals surface area (Å²) in [6, 6.07) is 0.696. The van der Waals surface area contributed by atoms with Crippen molar-refractivity contribution in [2.45, 2.75) is 38.6 Å². The Morgan fingerprint density at radius 3 is 2.93 bits per heavy atom. The zero-order valence-corrected chi connectivity index (χ0v) is 9.26. The van der Waals surface area contributed by atoms with Crippen LogP contribution in [0.5, 0.6) is 0 Å². The monoisotopic (exact) mass is 194 g/mol. The van der Waals surface area contributed by atoms with Crippen LogP contribution in [0.1, 0.15) is 32.6 Å². The van der Waals surface area contributed by atoms with Crippen LogP contribution in [0.2, 0.25) is 0 Å². The van der Waals surface area contributed by atoms with Gasteiger partial charge in [0.25, 0.3) is 0 Å². The van der Waals surface area contributed by atoms with Crippen molar-refractivity contribution in [1.82, 2.24) is 10.2 Å². The second-order valence-corrected chi connectivity index (χ2v) is 3.99. The number of nitrogens with one attached hydrogen (secondary N) is 1. The van der Waals surface area contributed by atoms with E-state index < -0.39 is 0 Å². The molecule has 0 radical (unpaired) electrons. The molecule has 0 aromatic heterocycles. The molecule has 1 heterocycles. The van der Waals surface area contributed by atoms with E-state index in [0.717, 1.165) is 26.1 Å². The Bertz CT molecular complexity index is 177. The molecule has 1 N–H and O–H groups in total.